The van der Waals surface area contributed by atoms with Gasteiger partial charge < -0.3 is 10.2 Å². The van der Waals surface area contributed by atoms with Gasteiger partial charge in [0.2, 0.25) is 11.8 Å². The second-order valence-electron chi connectivity index (χ2n) is 8.54. The van der Waals surface area contributed by atoms with Gasteiger partial charge in [0.15, 0.2) is 0 Å². The van der Waals surface area contributed by atoms with Crippen molar-refractivity contribution in [3.05, 3.63) is 92.9 Å². The van der Waals surface area contributed by atoms with Gasteiger partial charge in [-0.3, -0.25) is 13.9 Å². The monoisotopic (exact) mass is 639 g/mol. The topological polar surface area (TPSA) is 86.8 Å². The van der Waals surface area contributed by atoms with Gasteiger partial charge >= 0.3 is 0 Å². The molecule has 1 atom stereocenters. The van der Waals surface area contributed by atoms with Crippen molar-refractivity contribution in [3.63, 3.8) is 0 Å². The molecule has 2 amide bonds. The van der Waals surface area contributed by atoms with Crippen molar-refractivity contribution < 1.29 is 18.0 Å². The van der Waals surface area contributed by atoms with Crippen LogP contribution in [0.3, 0.4) is 0 Å². The van der Waals surface area contributed by atoms with Gasteiger partial charge in [0, 0.05) is 17.6 Å². The molecule has 0 aromatic heterocycles. The van der Waals surface area contributed by atoms with E-state index in [-0.39, 0.29) is 17.3 Å². The van der Waals surface area contributed by atoms with Crippen LogP contribution in [0.15, 0.2) is 82.2 Å². The van der Waals surface area contributed by atoms with Crippen molar-refractivity contribution >= 4 is 66.7 Å². The number of rotatable bonds is 11. The number of hydrogen-bond acceptors (Lipinski definition) is 4. The van der Waals surface area contributed by atoms with Gasteiger partial charge in [0.25, 0.3) is 10.0 Å². The predicted molar refractivity (Wildman–Crippen MR) is 155 cm³/mol. The average Bonchev–Trinajstić information content (AvgIpc) is 2.91. The number of nitrogens with zero attached hydrogens (tertiary/aromatic N) is 2. The van der Waals surface area contributed by atoms with E-state index in [0.717, 1.165) is 15.2 Å². The average molecular weight is 641 g/mol. The Labute approximate surface area is 241 Å². The molecule has 0 aliphatic rings. The summed E-state index contributed by atoms with van der Waals surface area (Å²) in [4.78, 5) is 28.1. The molecule has 1 unspecified atom stereocenters. The highest BCUT2D eigenvalue weighted by molar-refractivity contribution is 9.10. The summed E-state index contributed by atoms with van der Waals surface area (Å²) >= 11 is 15.6. The molecule has 11 heteroatoms. The van der Waals surface area contributed by atoms with Crippen molar-refractivity contribution in [2.24, 2.45) is 0 Å². The van der Waals surface area contributed by atoms with Gasteiger partial charge in [0.1, 0.15) is 12.6 Å². The van der Waals surface area contributed by atoms with E-state index in [9.17, 15) is 18.0 Å². The molecule has 3 aromatic carbocycles. The first-order chi connectivity index (χ1) is 18.0. The van der Waals surface area contributed by atoms with Crippen molar-refractivity contribution in [1.29, 1.82) is 0 Å². The summed E-state index contributed by atoms with van der Waals surface area (Å²) in [7, 11) is -4.11. The van der Waals surface area contributed by atoms with E-state index >= 15 is 0 Å². The molecular formula is C27H28BrCl2N3O4S. The molecule has 3 rings (SSSR count). The van der Waals surface area contributed by atoms with Crippen molar-refractivity contribution in [3.8, 4) is 0 Å². The Morgan fingerprint density at radius 2 is 1.63 bits per heavy atom. The molecule has 0 bridgehead atoms. The summed E-state index contributed by atoms with van der Waals surface area (Å²) in [6.45, 7) is 3.48. The van der Waals surface area contributed by atoms with Crippen LogP contribution >= 0.6 is 39.1 Å². The molecule has 0 saturated heterocycles. The van der Waals surface area contributed by atoms with Gasteiger partial charge in [-0.1, -0.05) is 70.3 Å². The normalized spacial score (nSPS) is 12.0. The van der Waals surface area contributed by atoms with Crippen molar-refractivity contribution in [1.82, 2.24) is 10.2 Å². The maximum absolute atomic E-state index is 13.8. The molecule has 0 spiro atoms. The van der Waals surface area contributed by atoms with Crippen LogP contribution in [0.4, 0.5) is 5.69 Å². The SMILES string of the molecule is CCCNC(=O)C(C)N(Cc1ccc(Cl)c(Cl)c1)C(=O)CN(c1ccc(Br)cc1)S(=O)(=O)c1ccccc1. The maximum Gasteiger partial charge on any atom is 0.264 e. The zero-order valence-electron chi connectivity index (χ0n) is 20.9. The molecule has 38 heavy (non-hydrogen) atoms. The molecule has 7 nitrogen and oxygen atoms in total. The van der Waals surface area contributed by atoms with Gasteiger partial charge in [0.05, 0.1) is 20.6 Å². The van der Waals surface area contributed by atoms with E-state index in [4.69, 9.17) is 23.2 Å². The molecule has 1 N–H and O–H groups in total. The molecule has 3 aromatic rings. The van der Waals surface area contributed by atoms with E-state index in [1.807, 2.05) is 6.92 Å². The summed E-state index contributed by atoms with van der Waals surface area (Å²) < 4.78 is 29.2. The number of anilines is 1. The maximum atomic E-state index is 13.8. The number of nitrogens with one attached hydrogen (secondary N) is 1. The highest BCUT2D eigenvalue weighted by Crippen LogP contribution is 2.27. The molecule has 202 valence electrons. The standard InChI is InChI=1S/C27H28BrCl2N3O4S/c1-3-15-31-27(35)19(2)32(17-20-9-14-24(29)25(30)16-20)26(34)18-33(22-12-10-21(28)11-13-22)38(36,37)23-7-5-4-6-8-23/h4-14,16,19H,3,15,17-18H2,1-2H3,(H,31,35). The third kappa shape index (κ3) is 7.50. The summed E-state index contributed by atoms with van der Waals surface area (Å²) in [6.07, 6.45) is 0.728. The molecule has 0 aliphatic heterocycles. The number of carbonyl (C=O) groups is 2. The van der Waals surface area contributed by atoms with Crippen LogP contribution in [0, 0.1) is 0 Å². The van der Waals surface area contributed by atoms with Crippen molar-refractivity contribution in [2.45, 2.75) is 37.8 Å². The Morgan fingerprint density at radius 1 is 0.974 bits per heavy atom. The fourth-order valence-electron chi connectivity index (χ4n) is 3.67. The molecule has 0 radical (unpaired) electrons. The molecule has 0 aliphatic carbocycles. The quantitative estimate of drug-likeness (QED) is 0.283. The fraction of sp³-hybridized carbons (Fsp3) is 0.259. The van der Waals surface area contributed by atoms with Crippen LogP contribution in [-0.4, -0.2) is 44.3 Å². The number of carbonyl (C=O) groups excluding carboxylic acids is 2. The molecule has 0 fully saturated rings. The lowest BCUT2D eigenvalue weighted by atomic mass is 10.1. The fourth-order valence-corrected chi connectivity index (χ4v) is 5.69. The first-order valence-electron chi connectivity index (χ1n) is 11.9. The second-order valence-corrected chi connectivity index (χ2v) is 12.1. The highest BCUT2D eigenvalue weighted by atomic mass is 79.9. The Bertz CT molecular complexity index is 1370. The number of amides is 2. The van der Waals surface area contributed by atoms with Crippen LogP contribution in [0.2, 0.25) is 10.0 Å². The Morgan fingerprint density at radius 3 is 2.24 bits per heavy atom. The zero-order valence-corrected chi connectivity index (χ0v) is 24.8. The molecule has 0 heterocycles. The Hall–Kier alpha value is -2.59. The van der Waals surface area contributed by atoms with Gasteiger partial charge in [-0.25, -0.2) is 8.42 Å². The van der Waals surface area contributed by atoms with E-state index in [1.54, 1.807) is 67.6 Å². The highest BCUT2D eigenvalue weighted by Gasteiger charge is 2.32. The number of benzene rings is 3. The Kier molecular flexibility index (Phi) is 10.6. The van der Waals surface area contributed by atoms with E-state index in [1.165, 1.54) is 17.0 Å². The predicted octanol–water partition coefficient (Wildman–Crippen LogP) is 5.89. The first-order valence-corrected chi connectivity index (χ1v) is 14.9. The zero-order chi connectivity index (χ0) is 27.9. The minimum Gasteiger partial charge on any atom is -0.354 e. The van der Waals surface area contributed by atoms with Gasteiger partial charge in [-0.15, -0.1) is 0 Å². The lowest BCUT2D eigenvalue weighted by Crippen LogP contribution is -2.51. The second kappa shape index (κ2) is 13.5. The number of sulfonamides is 1. The largest absolute Gasteiger partial charge is 0.354 e. The third-order valence-electron chi connectivity index (χ3n) is 5.78. The lowest BCUT2D eigenvalue weighted by molar-refractivity contribution is -0.139. The summed E-state index contributed by atoms with van der Waals surface area (Å²) in [5.74, 6) is -0.904. The van der Waals surface area contributed by atoms with E-state index in [2.05, 4.69) is 21.2 Å². The molecule has 0 saturated carbocycles. The summed E-state index contributed by atoms with van der Waals surface area (Å²) in [6, 6.07) is 18.6. The van der Waals surface area contributed by atoms with Crippen molar-refractivity contribution in [2.75, 3.05) is 17.4 Å². The molecular weight excluding hydrogens is 613 g/mol. The number of hydrogen-bond donors (Lipinski definition) is 1. The van der Waals surface area contributed by atoms with E-state index < -0.39 is 28.5 Å². The van der Waals surface area contributed by atoms with Crippen LogP contribution in [0.25, 0.3) is 0 Å². The summed E-state index contributed by atoms with van der Waals surface area (Å²) in [5, 5.41) is 3.47. The smallest absolute Gasteiger partial charge is 0.264 e. The minimum atomic E-state index is -4.11. The first kappa shape index (κ1) is 30.0. The van der Waals surface area contributed by atoms with Crippen LogP contribution < -0.4 is 9.62 Å². The minimum absolute atomic E-state index is 0.0238. The van der Waals surface area contributed by atoms with Gasteiger partial charge in [-0.2, -0.15) is 0 Å². The third-order valence-corrected chi connectivity index (χ3v) is 8.83. The van der Waals surface area contributed by atoms with E-state index in [0.29, 0.717) is 27.8 Å². The lowest BCUT2D eigenvalue weighted by Gasteiger charge is -2.32. The summed E-state index contributed by atoms with van der Waals surface area (Å²) in [5.41, 5.74) is 0.951. The van der Waals surface area contributed by atoms with Crippen LogP contribution in [-0.2, 0) is 26.2 Å². The number of halogens is 3. The van der Waals surface area contributed by atoms with Crippen LogP contribution in [0.1, 0.15) is 25.8 Å². The van der Waals surface area contributed by atoms with Gasteiger partial charge in [-0.05, 0) is 67.4 Å². The van der Waals surface area contributed by atoms with Crippen LogP contribution in [0.5, 0.6) is 0 Å². The Balaban J connectivity index is 2.01.